The molecule has 4 rings (SSSR count). The molecule has 0 spiro atoms. The summed E-state index contributed by atoms with van der Waals surface area (Å²) in [5, 5.41) is 31.2. The van der Waals surface area contributed by atoms with E-state index in [0.717, 1.165) is 25.7 Å². The minimum atomic E-state index is -0.0317. The van der Waals surface area contributed by atoms with Crippen molar-refractivity contribution in [3.63, 3.8) is 0 Å². The van der Waals surface area contributed by atoms with Crippen molar-refractivity contribution in [2.75, 3.05) is 19.1 Å². The minimum absolute atomic E-state index is 0.0317. The van der Waals surface area contributed by atoms with Crippen LogP contribution in [0.3, 0.4) is 0 Å². The average Bonchev–Trinajstić information content (AvgIpc) is 3.55. The molecule has 9 heteroatoms. The summed E-state index contributed by atoms with van der Waals surface area (Å²) < 4.78 is 11.8. The summed E-state index contributed by atoms with van der Waals surface area (Å²) in [5.74, 6) is 2.39. The molecule has 0 unspecified atom stereocenters. The third-order valence-electron chi connectivity index (χ3n) is 7.04. The molecule has 1 aliphatic heterocycles. The van der Waals surface area contributed by atoms with Gasteiger partial charge in [0.2, 0.25) is 5.89 Å². The molecular formula is C28H40N6O3. The number of piperidine rings is 1. The van der Waals surface area contributed by atoms with Crippen molar-refractivity contribution in [3.8, 4) is 17.2 Å². The highest BCUT2D eigenvalue weighted by atomic mass is 16.5. The largest absolute Gasteiger partial charge is 0.492 e. The Balaban J connectivity index is 1.57. The molecule has 2 aliphatic rings. The van der Waals surface area contributed by atoms with E-state index in [1.54, 1.807) is 30.5 Å². The normalized spacial score (nSPS) is 19.1. The SMILES string of the molecule is Cc1cnc(-c2cc(NO)c(C(=N)C=CC(=N)N(C)C3CC(C)(C)NC(C)(C)C3)c(OCC3CC3)c2)o1. The molecule has 1 aromatic carbocycles. The minimum Gasteiger partial charge on any atom is -0.492 e. The van der Waals surface area contributed by atoms with Gasteiger partial charge in [-0.15, -0.1) is 0 Å². The third-order valence-corrected chi connectivity index (χ3v) is 7.04. The average molecular weight is 509 g/mol. The number of amidine groups is 1. The van der Waals surface area contributed by atoms with Gasteiger partial charge in [0.25, 0.3) is 0 Å². The lowest BCUT2D eigenvalue weighted by molar-refractivity contribution is 0.114. The second-order valence-electron chi connectivity index (χ2n) is 11.7. The van der Waals surface area contributed by atoms with Crippen LogP contribution in [-0.4, -0.2) is 57.4 Å². The van der Waals surface area contributed by atoms with E-state index >= 15 is 0 Å². The van der Waals surface area contributed by atoms with Gasteiger partial charge < -0.3 is 24.8 Å². The Labute approximate surface area is 219 Å². The van der Waals surface area contributed by atoms with E-state index in [0.29, 0.717) is 52.6 Å². The standard InChI is InChI=1S/C28H40N6O3/c1-17-15-31-26(37-17)19-11-22(32-35)25(23(12-19)36-16-18-7-8-18)21(29)9-10-24(30)34(6)20-13-27(2,3)33-28(4,5)14-20/h9-12,15,18,20,29-30,32-33,35H,7-8,13-14,16H2,1-6H3. The number of ether oxygens (including phenoxy) is 1. The Morgan fingerprint density at radius 2 is 1.89 bits per heavy atom. The number of likely N-dealkylation sites (N-methyl/N-ethyl adjacent to an activating group) is 1. The van der Waals surface area contributed by atoms with E-state index in [1.807, 2.05) is 18.9 Å². The zero-order valence-electron chi connectivity index (χ0n) is 22.7. The van der Waals surface area contributed by atoms with Gasteiger partial charge in [-0.1, -0.05) is 0 Å². The molecule has 2 aromatic rings. The summed E-state index contributed by atoms with van der Waals surface area (Å²) in [7, 11) is 1.94. The van der Waals surface area contributed by atoms with Crippen LogP contribution >= 0.6 is 0 Å². The molecule has 9 nitrogen and oxygen atoms in total. The van der Waals surface area contributed by atoms with Crippen molar-refractivity contribution >= 4 is 17.2 Å². The molecule has 5 N–H and O–H groups in total. The van der Waals surface area contributed by atoms with Crippen molar-refractivity contribution in [2.24, 2.45) is 5.92 Å². The van der Waals surface area contributed by atoms with Crippen LogP contribution in [0.25, 0.3) is 11.5 Å². The molecule has 1 saturated heterocycles. The maximum atomic E-state index is 9.96. The molecule has 2 fully saturated rings. The summed E-state index contributed by atoms with van der Waals surface area (Å²) in [5.41, 5.74) is 3.66. The predicted molar refractivity (Wildman–Crippen MR) is 146 cm³/mol. The fourth-order valence-corrected chi connectivity index (χ4v) is 5.30. The van der Waals surface area contributed by atoms with E-state index in [4.69, 9.17) is 20.0 Å². The quantitative estimate of drug-likeness (QED) is 0.175. The second-order valence-corrected chi connectivity index (χ2v) is 11.7. The van der Waals surface area contributed by atoms with Crippen LogP contribution in [0.15, 0.2) is 34.9 Å². The number of hydrogen-bond acceptors (Lipinski definition) is 8. The number of aryl methyl sites for hydroxylation is 1. The van der Waals surface area contributed by atoms with Crippen molar-refractivity contribution in [1.82, 2.24) is 15.2 Å². The Hall–Kier alpha value is -3.17. The number of allylic oxidation sites excluding steroid dienone is 1. The van der Waals surface area contributed by atoms with Gasteiger partial charge in [0.05, 0.1) is 29.8 Å². The Morgan fingerprint density at radius 1 is 1.22 bits per heavy atom. The van der Waals surface area contributed by atoms with Gasteiger partial charge in [0, 0.05) is 29.7 Å². The maximum absolute atomic E-state index is 9.96. The van der Waals surface area contributed by atoms with Crippen molar-refractivity contribution in [1.29, 1.82) is 10.8 Å². The molecule has 1 aliphatic carbocycles. The molecule has 1 aromatic heterocycles. The maximum Gasteiger partial charge on any atom is 0.226 e. The highest BCUT2D eigenvalue weighted by Crippen LogP contribution is 2.37. The molecule has 2 heterocycles. The number of rotatable bonds is 9. The first-order valence-corrected chi connectivity index (χ1v) is 12.9. The van der Waals surface area contributed by atoms with Crippen LogP contribution in [0.2, 0.25) is 0 Å². The molecule has 200 valence electrons. The Bertz CT molecular complexity index is 1180. The van der Waals surface area contributed by atoms with Crippen LogP contribution in [0.4, 0.5) is 5.69 Å². The monoisotopic (exact) mass is 508 g/mol. The van der Waals surface area contributed by atoms with Gasteiger partial charge in [0.15, 0.2) is 0 Å². The lowest BCUT2D eigenvalue weighted by Gasteiger charge is -2.49. The fraction of sp³-hybridized carbons (Fsp3) is 0.536. The van der Waals surface area contributed by atoms with Crippen LogP contribution < -0.4 is 15.5 Å². The molecule has 1 saturated carbocycles. The zero-order chi connectivity index (χ0) is 27.0. The summed E-state index contributed by atoms with van der Waals surface area (Å²) in [6, 6.07) is 3.68. The van der Waals surface area contributed by atoms with E-state index in [9.17, 15) is 5.21 Å². The number of nitrogens with one attached hydrogen (secondary N) is 4. The molecule has 0 atom stereocenters. The van der Waals surface area contributed by atoms with Gasteiger partial charge in [-0.25, -0.2) is 4.98 Å². The molecule has 0 radical (unpaired) electrons. The van der Waals surface area contributed by atoms with E-state index < -0.39 is 0 Å². The predicted octanol–water partition coefficient (Wildman–Crippen LogP) is 5.38. The second kappa shape index (κ2) is 10.3. The van der Waals surface area contributed by atoms with Crippen LogP contribution in [0, 0.1) is 23.7 Å². The van der Waals surface area contributed by atoms with Gasteiger partial charge in [-0.3, -0.25) is 16.1 Å². The molecule has 0 amide bonds. The number of oxazole rings is 1. The van der Waals surface area contributed by atoms with Crippen LogP contribution in [0.5, 0.6) is 5.75 Å². The van der Waals surface area contributed by atoms with Crippen LogP contribution in [0.1, 0.15) is 64.7 Å². The first-order chi connectivity index (χ1) is 17.4. The Morgan fingerprint density at radius 3 is 2.46 bits per heavy atom. The lowest BCUT2D eigenvalue weighted by Crippen LogP contribution is -2.62. The molecule has 0 bridgehead atoms. The van der Waals surface area contributed by atoms with Gasteiger partial charge in [0.1, 0.15) is 17.3 Å². The van der Waals surface area contributed by atoms with E-state index in [-0.39, 0.29) is 22.8 Å². The van der Waals surface area contributed by atoms with E-state index in [2.05, 4.69) is 43.5 Å². The summed E-state index contributed by atoms with van der Waals surface area (Å²) in [4.78, 5) is 6.27. The number of nitrogens with zero attached hydrogens (tertiary/aromatic N) is 2. The number of hydrogen-bond donors (Lipinski definition) is 5. The van der Waals surface area contributed by atoms with Crippen LogP contribution in [-0.2, 0) is 0 Å². The summed E-state index contributed by atoms with van der Waals surface area (Å²) in [6.45, 7) is 11.1. The van der Waals surface area contributed by atoms with Gasteiger partial charge in [-0.2, -0.15) is 0 Å². The van der Waals surface area contributed by atoms with E-state index in [1.165, 1.54) is 0 Å². The first-order valence-electron chi connectivity index (χ1n) is 12.9. The molecular weight excluding hydrogens is 468 g/mol. The van der Waals surface area contributed by atoms with Crippen molar-refractivity contribution in [3.05, 3.63) is 41.8 Å². The Kier molecular flexibility index (Phi) is 7.48. The lowest BCUT2D eigenvalue weighted by atomic mass is 9.79. The van der Waals surface area contributed by atoms with Crippen molar-refractivity contribution < 1.29 is 14.4 Å². The van der Waals surface area contributed by atoms with Crippen molar-refractivity contribution in [2.45, 2.75) is 77.4 Å². The smallest absolute Gasteiger partial charge is 0.226 e. The zero-order valence-corrected chi connectivity index (χ0v) is 22.7. The molecule has 37 heavy (non-hydrogen) atoms. The van der Waals surface area contributed by atoms with Gasteiger partial charge >= 0.3 is 0 Å². The summed E-state index contributed by atoms with van der Waals surface area (Å²) >= 11 is 0. The number of benzene rings is 1. The third kappa shape index (κ3) is 6.59. The topological polar surface area (TPSA) is 130 Å². The highest BCUT2D eigenvalue weighted by Gasteiger charge is 2.39. The summed E-state index contributed by atoms with van der Waals surface area (Å²) in [6.07, 6.45) is 8.96. The first kappa shape index (κ1) is 26.9. The fourth-order valence-electron chi connectivity index (χ4n) is 5.30. The number of aromatic nitrogens is 1. The highest BCUT2D eigenvalue weighted by molar-refractivity contribution is 6.14. The van der Waals surface area contributed by atoms with Gasteiger partial charge in [-0.05, 0) is 90.5 Å². The number of anilines is 1.